The van der Waals surface area contributed by atoms with Crippen molar-refractivity contribution in [3.8, 4) is 0 Å². The molecule has 2 aromatic rings. The number of aliphatic hydroxyl groups is 1. The standard InChI is InChI=1S/C17H22N4O/c1-20-15-8-18-7-12-16(15)14(19-20)6-11(17(12)22)13-9-21-4-2-10(13)3-5-21/h7-8,10-11,13,17,22H,2-6,9H2,1H3/t11-,13?,17?/m0/s1. The molecular weight excluding hydrogens is 276 g/mol. The lowest BCUT2D eigenvalue weighted by molar-refractivity contribution is -0.0285. The lowest BCUT2D eigenvalue weighted by Gasteiger charge is -2.49. The van der Waals surface area contributed by atoms with Gasteiger partial charge in [0.2, 0.25) is 0 Å². The van der Waals surface area contributed by atoms with Crippen LogP contribution in [0.2, 0.25) is 0 Å². The zero-order valence-electron chi connectivity index (χ0n) is 12.9. The van der Waals surface area contributed by atoms with E-state index < -0.39 is 6.10 Å². The highest BCUT2D eigenvalue weighted by Gasteiger charge is 2.44. The maximum absolute atomic E-state index is 11.0. The second-order valence-electron chi connectivity index (χ2n) is 7.31. The van der Waals surface area contributed by atoms with Gasteiger partial charge in [0.15, 0.2) is 0 Å². The van der Waals surface area contributed by atoms with Gasteiger partial charge in [-0.3, -0.25) is 9.67 Å². The molecule has 0 amide bonds. The van der Waals surface area contributed by atoms with Gasteiger partial charge in [0.1, 0.15) is 0 Å². The largest absolute Gasteiger partial charge is 0.388 e. The summed E-state index contributed by atoms with van der Waals surface area (Å²) in [6.07, 6.45) is 6.82. The molecule has 6 rings (SSSR count). The maximum atomic E-state index is 11.0. The van der Waals surface area contributed by atoms with E-state index in [2.05, 4.69) is 9.88 Å². The molecule has 3 aliphatic heterocycles. The first kappa shape index (κ1) is 13.0. The summed E-state index contributed by atoms with van der Waals surface area (Å²) in [7, 11) is 1.97. The third kappa shape index (κ3) is 1.66. The topological polar surface area (TPSA) is 54.2 Å². The molecule has 3 saturated heterocycles. The highest BCUT2D eigenvalue weighted by atomic mass is 16.3. The van der Waals surface area contributed by atoms with Crippen molar-refractivity contribution in [1.82, 2.24) is 19.7 Å². The molecule has 2 unspecified atom stereocenters. The second-order valence-corrected chi connectivity index (χ2v) is 7.31. The third-order valence-electron chi connectivity index (χ3n) is 6.27. The monoisotopic (exact) mass is 298 g/mol. The predicted molar refractivity (Wildman–Crippen MR) is 83.3 cm³/mol. The van der Waals surface area contributed by atoms with Crippen molar-refractivity contribution in [3.63, 3.8) is 0 Å². The van der Waals surface area contributed by atoms with Gasteiger partial charge in [-0.2, -0.15) is 5.10 Å². The number of aryl methyl sites for hydroxylation is 1. The fourth-order valence-electron chi connectivity index (χ4n) is 5.12. The van der Waals surface area contributed by atoms with Crippen LogP contribution in [0.4, 0.5) is 0 Å². The molecule has 1 N–H and O–H groups in total. The van der Waals surface area contributed by atoms with Crippen LogP contribution < -0.4 is 0 Å². The Kier molecular flexibility index (Phi) is 2.68. The summed E-state index contributed by atoms with van der Waals surface area (Å²) in [5, 5.41) is 16.9. The molecule has 0 aromatic carbocycles. The summed E-state index contributed by atoms with van der Waals surface area (Å²) in [5.74, 6) is 1.67. The minimum atomic E-state index is -0.390. The Bertz CT molecular complexity index is 732. The van der Waals surface area contributed by atoms with E-state index in [1.807, 2.05) is 24.1 Å². The van der Waals surface area contributed by atoms with E-state index in [4.69, 9.17) is 5.10 Å². The zero-order valence-corrected chi connectivity index (χ0v) is 12.9. The number of nitrogens with zero attached hydrogens (tertiary/aromatic N) is 4. The normalized spacial score (nSPS) is 36.9. The van der Waals surface area contributed by atoms with Crippen LogP contribution >= 0.6 is 0 Å². The smallest absolute Gasteiger partial charge is 0.0868 e. The van der Waals surface area contributed by atoms with Gasteiger partial charge in [-0.05, 0) is 50.1 Å². The Balaban J connectivity index is 1.58. The second kappa shape index (κ2) is 4.52. The molecule has 2 bridgehead atoms. The minimum Gasteiger partial charge on any atom is -0.388 e. The Morgan fingerprint density at radius 2 is 2.00 bits per heavy atom. The van der Waals surface area contributed by atoms with E-state index >= 15 is 0 Å². The van der Waals surface area contributed by atoms with Gasteiger partial charge in [0.25, 0.3) is 0 Å². The van der Waals surface area contributed by atoms with E-state index in [1.54, 1.807) is 0 Å². The summed E-state index contributed by atoms with van der Waals surface area (Å²) in [6.45, 7) is 3.64. The van der Waals surface area contributed by atoms with Crippen LogP contribution in [-0.2, 0) is 13.5 Å². The van der Waals surface area contributed by atoms with Crippen LogP contribution in [0.3, 0.4) is 0 Å². The van der Waals surface area contributed by atoms with Crippen LogP contribution in [-0.4, -0.2) is 44.4 Å². The summed E-state index contributed by atoms with van der Waals surface area (Å²) in [5.41, 5.74) is 3.19. The highest BCUT2D eigenvalue weighted by molar-refractivity contribution is 5.85. The van der Waals surface area contributed by atoms with Crippen molar-refractivity contribution in [2.24, 2.45) is 24.8 Å². The van der Waals surface area contributed by atoms with E-state index in [0.29, 0.717) is 11.8 Å². The average Bonchev–Trinajstić information content (AvgIpc) is 2.89. The van der Waals surface area contributed by atoms with Crippen molar-refractivity contribution >= 4 is 10.9 Å². The van der Waals surface area contributed by atoms with Crippen LogP contribution in [0, 0.1) is 17.8 Å². The molecule has 2 aromatic heterocycles. The predicted octanol–water partition coefficient (Wildman–Crippen LogP) is 1.52. The van der Waals surface area contributed by atoms with E-state index in [-0.39, 0.29) is 0 Å². The van der Waals surface area contributed by atoms with Gasteiger partial charge in [-0.25, -0.2) is 0 Å². The summed E-state index contributed by atoms with van der Waals surface area (Å²) >= 11 is 0. The number of hydrogen-bond acceptors (Lipinski definition) is 4. The van der Waals surface area contributed by atoms with Crippen LogP contribution in [0.1, 0.15) is 30.2 Å². The molecule has 5 heterocycles. The summed E-state index contributed by atoms with van der Waals surface area (Å²) < 4.78 is 1.91. The number of hydrogen-bond donors (Lipinski definition) is 1. The van der Waals surface area contributed by atoms with E-state index in [9.17, 15) is 5.11 Å². The fraction of sp³-hybridized carbons (Fsp3) is 0.647. The number of pyridine rings is 1. The van der Waals surface area contributed by atoms with Gasteiger partial charge in [-0.15, -0.1) is 0 Å². The first-order valence-corrected chi connectivity index (χ1v) is 8.42. The van der Waals surface area contributed by atoms with Crippen molar-refractivity contribution in [2.75, 3.05) is 19.6 Å². The molecule has 0 radical (unpaired) electrons. The Morgan fingerprint density at radius 3 is 2.73 bits per heavy atom. The lowest BCUT2D eigenvalue weighted by Crippen LogP contribution is -2.51. The Labute approximate surface area is 129 Å². The van der Waals surface area contributed by atoms with Crippen molar-refractivity contribution in [3.05, 3.63) is 23.7 Å². The molecule has 4 aliphatic rings. The zero-order chi connectivity index (χ0) is 14.8. The molecule has 3 fully saturated rings. The maximum Gasteiger partial charge on any atom is 0.0868 e. The van der Waals surface area contributed by atoms with Gasteiger partial charge in [0.05, 0.1) is 23.5 Å². The minimum absolute atomic E-state index is 0.294. The van der Waals surface area contributed by atoms with Crippen molar-refractivity contribution in [1.29, 1.82) is 0 Å². The fourth-order valence-corrected chi connectivity index (χ4v) is 5.12. The molecule has 0 saturated carbocycles. The van der Waals surface area contributed by atoms with Gasteiger partial charge in [-0.1, -0.05) is 0 Å². The molecule has 116 valence electrons. The lowest BCUT2D eigenvalue weighted by atomic mass is 9.67. The van der Waals surface area contributed by atoms with Crippen molar-refractivity contribution < 1.29 is 5.11 Å². The Hall–Kier alpha value is -1.46. The van der Waals surface area contributed by atoms with Crippen LogP contribution in [0.15, 0.2) is 12.4 Å². The number of aliphatic hydroxyl groups excluding tert-OH is 1. The van der Waals surface area contributed by atoms with Crippen LogP contribution in [0.5, 0.6) is 0 Å². The average molecular weight is 298 g/mol. The SMILES string of the molecule is Cn1nc2c3c(cncc31)C(O)[C@H](C1CN3CCC1CC3)C2. The molecule has 5 heteroatoms. The molecule has 0 spiro atoms. The summed E-state index contributed by atoms with van der Waals surface area (Å²) in [6, 6.07) is 0. The van der Waals surface area contributed by atoms with Gasteiger partial charge < -0.3 is 10.0 Å². The van der Waals surface area contributed by atoms with Crippen molar-refractivity contribution in [2.45, 2.75) is 25.4 Å². The third-order valence-corrected chi connectivity index (χ3v) is 6.27. The quantitative estimate of drug-likeness (QED) is 0.867. The first-order valence-electron chi connectivity index (χ1n) is 8.42. The van der Waals surface area contributed by atoms with Gasteiger partial charge in [0, 0.05) is 30.7 Å². The van der Waals surface area contributed by atoms with E-state index in [0.717, 1.165) is 41.0 Å². The molecule has 5 nitrogen and oxygen atoms in total. The molecule has 1 aliphatic carbocycles. The number of rotatable bonds is 1. The van der Waals surface area contributed by atoms with Crippen LogP contribution in [0.25, 0.3) is 10.9 Å². The number of piperidine rings is 3. The first-order chi connectivity index (χ1) is 10.7. The number of fused-ring (bicyclic) bond motifs is 3. The molecule has 3 atom stereocenters. The van der Waals surface area contributed by atoms with Gasteiger partial charge >= 0.3 is 0 Å². The molecular formula is C17H22N4O. The Morgan fingerprint density at radius 1 is 1.18 bits per heavy atom. The summed E-state index contributed by atoms with van der Waals surface area (Å²) in [4.78, 5) is 6.91. The highest BCUT2D eigenvalue weighted by Crippen LogP contribution is 2.46. The number of aromatic nitrogens is 3. The van der Waals surface area contributed by atoms with E-state index in [1.165, 1.54) is 25.9 Å². The molecule has 22 heavy (non-hydrogen) atoms.